The summed E-state index contributed by atoms with van der Waals surface area (Å²) in [6.45, 7) is 11.4. The van der Waals surface area contributed by atoms with Crippen molar-refractivity contribution in [2.24, 2.45) is 0 Å². The summed E-state index contributed by atoms with van der Waals surface area (Å²) in [4.78, 5) is 27.1. The van der Waals surface area contributed by atoms with Crippen LogP contribution in [0.3, 0.4) is 0 Å². The van der Waals surface area contributed by atoms with Crippen LogP contribution >= 0.6 is 0 Å². The molecule has 6 nitrogen and oxygen atoms in total. The van der Waals surface area contributed by atoms with Gasteiger partial charge in [-0.25, -0.2) is 4.79 Å². The van der Waals surface area contributed by atoms with E-state index >= 15 is 0 Å². The van der Waals surface area contributed by atoms with Gasteiger partial charge in [0.1, 0.15) is 0 Å². The number of hydrogen-bond acceptors (Lipinski definition) is 4. The van der Waals surface area contributed by atoms with Crippen LogP contribution in [0, 0.1) is 0 Å². The Kier molecular flexibility index (Phi) is 6.26. The maximum Gasteiger partial charge on any atom is 0.409 e. The van der Waals surface area contributed by atoms with Crippen LogP contribution in [0.25, 0.3) is 0 Å². The predicted octanol–water partition coefficient (Wildman–Crippen LogP) is 1.07. The molecule has 0 aliphatic carbocycles. The monoisotopic (exact) mass is 285 g/mol. The van der Waals surface area contributed by atoms with Crippen LogP contribution in [0.4, 0.5) is 4.79 Å². The Labute approximate surface area is 121 Å². The normalized spacial score (nSPS) is 16.2. The Morgan fingerprint density at radius 2 is 1.65 bits per heavy atom. The lowest BCUT2D eigenvalue weighted by molar-refractivity contribution is -0.132. The van der Waals surface area contributed by atoms with E-state index in [1.54, 1.807) is 11.8 Å². The largest absolute Gasteiger partial charge is 0.450 e. The van der Waals surface area contributed by atoms with Gasteiger partial charge in [-0.2, -0.15) is 0 Å². The van der Waals surface area contributed by atoms with E-state index in [-0.39, 0.29) is 17.5 Å². The van der Waals surface area contributed by atoms with Gasteiger partial charge in [0.05, 0.1) is 6.61 Å². The van der Waals surface area contributed by atoms with Crippen LogP contribution in [-0.2, 0) is 9.53 Å². The van der Waals surface area contributed by atoms with E-state index in [0.717, 1.165) is 0 Å². The van der Waals surface area contributed by atoms with Crippen LogP contribution in [0.5, 0.6) is 0 Å². The molecule has 116 valence electrons. The molecule has 1 heterocycles. The number of rotatable bonds is 4. The fraction of sp³-hybridized carbons (Fsp3) is 0.857. The third kappa shape index (κ3) is 5.77. The average molecular weight is 285 g/mol. The van der Waals surface area contributed by atoms with Crippen LogP contribution in [0.1, 0.15) is 34.1 Å². The molecule has 0 aromatic carbocycles. The standard InChI is InChI=1S/C14H27N3O3/c1-5-20-13(19)17-10-8-16(9-11-17)12(18)6-7-15-14(2,3)4/h15H,5-11H2,1-4H3. The summed E-state index contributed by atoms with van der Waals surface area (Å²) < 4.78 is 4.95. The van der Waals surface area contributed by atoms with Crippen LogP contribution in [0.2, 0.25) is 0 Å². The Bertz CT molecular complexity index is 331. The van der Waals surface area contributed by atoms with Crippen molar-refractivity contribution in [1.82, 2.24) is 15.1 Å². The zero-order chi connectivity index (χ0) is 15.2. The van der Waals surface area contributed by atoms with Gasteiger partial charge in [0.2, 0.25) is 5.91 Å². The number of nitrogens with one attached hydrogen (secondary N) is 1. The molecule has 1 fully saturated rings. The van der Waals surface area contributed by atoms with Gasteiger partial charge in [0.15, 0.2) is 0 Å². The van der Waals surface area contributed by atoms with Crippen LogP contribution in [0.15, 0.2) is 0 Å². The quantitative estimate of drug-likeness (QED) is 0.839. The molecule has 6 heteroatoms. The van der Waals surface area contributed by atoms with Gasteiger partial charge in [0.25, 0.3) is 0 Å². The van der Waals surface area contributed by atoms with Crippen molar-refractivity contribution in [1.29, 1.82) is 0 Å². The molecular weight excluding hydrogens is 258 g/mol. The summed E-state index contributed by atoms with van der Waals surface area (Å²) in [5.41, 5.74) is 0.0306. The lowest BCUT2D eigenvalue weighted by atomic mass is 10.1. The molecule has 1 saturated heterocycles. The first-order chi connectivity index (χ1) is 9.33. The Morgan fingerprint density at radius 3 is 2.15 bits per heavy atom. The Morgan fingerprint density at radius 1 is 1.10 bits per heavy atom. The third-order valence-electron chi connectivity index (χ3n) is 3.15. The minimum absolute atomic E-state index is 0.0306. The first-order valence-corrected chi connectivity index (χ1v) is 7.28. The molecule has 0 saturated carbocycles. The highest BCUT2D eigenvalue weighted by Crippen LogP contribution is 2.06. The number of carbonyl (C=O) groups is 2. The van der Waals surface area contributed by atoms with Gasteiger partial charge in [-0.3, -0.25) is 4.79 Å². The zero-order valence-corrected chi connectivity index (χ0v) is 13.1. The molecule has 0 unspecified atom stereocenters. The molecule has 1 rings (SSSR count). The molecule has 0 radical (unpaired) electrons. The van der Waals surface area contributed by atoms with E-state index in [4.69, 9.17) is 4.74 Å². The molecule has 1 aliphatic rings. The topological polar surface area (TPSA) is 61.9 Å². The van der Waals surface area contributed by atoms with E-state index in [1.165, 1.54) is 0 Å². The molecule has 20 heavy (non-hydrogen) atoms. The molecule has 0 aromatic heterocycles. The van der Waals surface area contributed by atoms with Crippen LogP contribution in [-0.4, -0.2) is 66.7 Å². The van der Waals surface area contributed by atoms with Crippen molar-refractivity contribution < 1.29 is 14.3 Å². The number of piperazine rings is 1. The average Bonchev–Trinajstić information content (AvgIpc) is 2.37. The number of carbonyl (C=O) groups excluding carboxylic acids is 2. The molecule has 2 amide bonds. The van der Waals surface area contributed by atoms with Crippen molar-refractivity contribution in [3.8, 4) is 0 Å². The second-order valence-corrected chi connectivity index (χ2v) is 5.99. The van der Waals surface area contributed by atoms with Gasteiger partial charge in [-0.1, -0.05) is 0 Å². The second kappa shape index (κ2) is 7.47. The fourth-order valence-corrected chi connectivity index (χ4v) is 2.06. The predicted molar refractivity (Wildman–Crippen MR) is 77.5 cm³/mol. The van der Waals surface area contributed by atoms with Crippen molar-refractivity contribution in [2.45, 2.75) is 39.7 Å². The van der Waals surface area contributed by atoms with Gasteiger partial charge < -0.3 is 19.9 Å². The lowest BCUT2D eigenvalue weighted by Gasteiger charge is -2.34. The van der Waals surface area contributed by atoms with E-state index in [0.29, 0.717) is 45.8 Å². The van der Waals surface area contributed by atoms with Crippen molar-refractivity contribution in [2.75, 3.05) is 39.3 Å². The van der Waals surface area contributed by atoms with E-state index in [1.807, 2.05) is 4.90 Å². The van der Waals surface area contributed by atoms with Crippen molar-refractivity contribution in [3.63, 3.8) is 0 Å². The SMILES string of the molecule is CCOC(=O)N1CCN(C(=O)CCNC(C)(C)C)CC1. The van der Waals surface area contributed by atoms with Gasteiger partial charge in [-0.15, -0.1) is 0 Å². The van der Waals surface area contributed by atoms with Crippen molar-refractivity contribution in [3.05, 3.63) is 0 Å². The summed E-state index contributed by atoms with van der Waals surface area (Å²) in [7, 11) is 0. The fourth-order valence-electron chi connectivity index (χ4n) is 2.06. The van der Waals surface area contributed by atoms with E-state index in [9.17, 15) is 9.59 Å². The molecular formula is C14H27N3O3. The Hall–Kier alpha value is -1.30. The molecule has 0 bridgehead atoms. The minimum atomic E-state index is -0.283. The molecule has 0 aromatic rings. The second-order valence-electron chi connectivity index (χ2n) is 5.99. The maximum atomic E-state index is 12.0. The summed E-state index contributed by atoms with van der Waals surface area (Å²) in [6.07, 6.45) is 0.213. The highest BCUT2D eigenvalue weighted by Gasteiger charge is 2.24. The van der Waals surface area contributed by atoms with Crippen LogP contribution < -0.4 is 5.32 Å². The zero-order valence-electron chi connectivity index (χ0n) is 13.1. The van der Waals surface area contributed by atoms with E-state index < -0.39 is 0 Å². The van der Waals surface area contributed by atoms with Gasteiger partial charge in [0, 0.05) is 44.7 Å². The highest BCUT2D eigenvalue weighted by atomic mass is 16.6. The number of nitrogens with zero attached hydrogens (tertiary/aromatic N) is 2. The number of ether oxygens (including phenoxy) is 1. The molecule has 0 spiro atoms. The summed E-state index contributed by atoms with van der Waals surface area (Å²) >= 11 is 0. The molecule has 0 atom stereocenters. The summed E-state index contributed by atoms with van der Waals surface area (Å²) in [5, 5.41) is 3.30. The lowest BCUT2D eigenvalue weighted by Crippen LogP contribution is -2.51. The summed E-state index contributed by atoms with van der Waals surface area (Å²) in [6, 6.07) is 0. The number of hydrogen-bond donors (Lipinski definition) is 1. The third-order valence-corrected chi connectivity index (χ3v) is 3.15. The maximum absolute atomic E-state index is 12.0. The molecule has 1 aliphatic heterocycles. The first-order valence-electron chi connectivity index (χ1n) is 7.28. The first kappa shape index (κ1) is 16.8. The van der Waals surface area contributed by atoms with Gasteiger partial charge in [-0.05, 0) is 27.7 Å². The smallest absolute Gasteiger partial charge is 0.409 e. The summed E-state index contributed by atoms with van der Waals surface area (Å²) in [5.74, 6) is 0.144. The van der Waals surface area contributed by atoms with E-state index in [2.05, 4.69) is 26.1 Å². The Balaban J connectivity index is 2.27. The minimum Gasteiger partial charge on any atom is -0.450 e. The molecule has 1 N–H and O–H groups in total. The number of amides is 2. The highest BCUT2D eigenvalue weighted by molar-refractivity contribution is 5.77. The van der Waals surface area contributed by atoms with Gasteiger partial charge >= 0.3 is 6.09 Å². The van der Waals surface area contributed by atoms with Crippen molar-refractivity contribution >= 4 is 12.0 Å².